The zero-order valence-corrected chi connectivity index (χ0v) is 15.8. The van der Waals surface area contributed by atoms with Gasteiger partial charge in [0.1, 0.15) is 5.82 Å². The Morgan fingerprint density at radius 3 is 2.77 bits per heavy atom. The van der Waals surface area contributed by atoms with Gasteiger partial charge in [-0.15, -0.1) is 11.3 Å². The summed E-state index contributed by atoms with van der Waals surface area (Å²) in [7, 11) is 1.86. The molecule has 3 aromatic rings. The lowest BCUT2D eigenvalue weighted by molar-refractivity contribution is 0.373. The maximum absolute atomic E-state index is 4.63. The first-order valence-corrected chi connectivity index (χ1v) is 9.89. The van der Waals surface area contributed by atoms with Crippen LogP contribution >= 0.6 is 11.3 Å². The van der Waals surface area contributed by atoms with E-state index < -0.39 is 0 Å². The van der Waals surface area contributed by atoms with Crippen molar-refractivity contribution in [1.29, 1.82) is 0 Å². The minimum atomic E-state index is 0.817. The second kappa shape index (κ2) is 7.78. The van der Waals surface area contributed by atoms with Crippen molar-refractivity contribution >= 4 is 33.3 Å². The maximum atomic E-state index is 4.63. The molecule has 1 saturated heterocycles. The van der Waals surface area contributed by atoms with Crippen LogP contribution in [0.15, 0.2) is 46.8 Å². The van der Waals surface area contributed by atoms with Crippen LogP contribution in [0.3, 0.4) is 0 Å². The van der Waals surface area contributed by atoms with E-state index in [4.69, 9.17) is 0 Å². The first-order valence-electron chi connectivity index (χ1n) is 9.01. The first-order chi connectivity index (χ1) is 12.8. The number of hydrogen-bond acceptors (Lipinski definition) is 4. The molecule has 0 unspecified atom stereocenters. The number of guanidine groups is 1. The van der Waals surface area contributed by atoms with Gasteiger partial charge in [0.05, 0.1) is 16.0 Å². The van der Waals surface area contributed by atoms with E-state index >= 15 is 0 Å². The average Bonchev–Trinajstić information content (AvgIpc) is 3.35. The minimum Gasteiger partial charge on any atom is -0.360 e. The summed E-state index contributed by atoms with van der Waals surface area (Å²) >= 11 is 1.81. The van der Waals surface area contributed by atoms with Crippen LogP contribution < -0.4 is 10.2 Å². The van der Waals surface area contributed by atoms with E-state index in [-0.39, 0.29) is 0 Å². The summed E-state index contributed by atoms with van der Waals surface area (Å²) in [5, 5.41) is 6.98. The lowest BCUT2D eigenvalue weighted by atomic mass is 10.3. The fourth-order valence-corrected chi connectivity index (χ4v) is 4.12. The van der Waals surface area contributed by atoms with Crippen LogP contribution in [0.1, 0.15) is 5.82 Å². The van der Waals surface area contributed by atoms with Gasteiger partial charge in [-0.1, -0.05) is 12.1 Å². The summed E-state index contributed by atoms with van der Waals surface area (Å²) in [5.41, 5.74) is 2.12. The summed E-state index contributed by atoms with van der Waals surface area (Å²) in [6.45, 7) is 4.86. The number of anilines is 1. The predicted octanol–water partition coefficient (Wildman–Crippen LogP) is 2.56. The highest BCUT2D eigenvalue weighted by molar-refractivity contribution is 7.14. The fraction of sp³-hybridized carbons (Fsp3) is 0.368. The molecular formula is C19H24N6S. The number of piperazine rings is 1. The van der Waals surface area contributed by atoms with Gasteiger partial charge in [0.2, 0.25) is 0 Å². The van der Waals surface area contributed by atoms with Crippen molar-refractivity contribution in [3.8, 4) is 0 Å². The third kappa shape index (κ3) is 3.67. The predicted molar refractivity (Wildman–Crippen MR) is 109 cm³/mol. The van der Waals surface area contributed by atoms with Gasteiger partial charge in [0, 0.05) is 46.2 Å². The Morgan fingerprint density at radius 1 is 1.19 bits per heavy atom. The molecule has 6 nitrogen and oxygen atoms in total. The Bertz CT molecular complexity index is 828. The SMILES string of the molecule is CN=C(NCCc1nc2ccccc2[nH]1)N1CCN(c2cccs2)CC1. The van der Waals surface area contributed by atoms with Crippen molar-refractivity contribution in [2.24, 2.45) is 4.99 Å². The Hall–Kier alpha value is -2.54. The maximum Gasteiger partial charge on any atom is 0.193 e. The molecule has 0 saturated carbocycles. The largest absolute Gasteiger partial charge is 0.360 e. The molecule has 2 N–H and O–H groups in total. The quantitative estimate of drug-likeness (QED) is 0.549. The van der Waals surface area contributed by atoms with E-state index in [0.29, 0.717) is 0 Å². The van der Waals surface area contributed by atoms with E-state index in [9.17, 15) is 0 Å². The highest BCUT2D eigenvalue weighted by atomic mass is 32.1. The topological polar surface area (TPSA) is 59.6 Å². The standard InChI is InChI=1S/C19H24N6S/c1-20-19(25-12-10-24(11-13-25)18-7-4-14-26-18)21-9-8-17-22-15-5-2-3-6-16(15)23-17/h2-7,14H,8-13H2,1H3,(H,20,21)(H,22,23). The van der Waals surface area contributed by atoms with Gasteiger partial charge >= 0.3 is 0 Å². The van der Waals surface area contributed by atoms with Crippen molar-refractivity contribution in [2.75, 3.05) is 44.7 Å². The van der Waals surface area contributed by atoms with Gasteiger partial charge in [0.15, 0.2) is 5.96 Å². The molecule has 2 aromatic heterocycles. The van der Waals surface area contributed by atoms with Crippen LogP contribution in [0.5, 0.6) is 0 Å². The lowest BCUT2D eigenvalue weighted by Gasteiger charge is -2.37. The number of rotatable bonds is 4. The monoisotopic (exact) mass is 368 g/mol. The molecule has 1 aliphatic rings. The molecule has 1 fully saturated rings. The molecule has 1 aliphatic heterocycles. The normalized spacial score (nSPS) is 15.7. The molecule has 136 valence electrons. The number of nitrogens with zero attached hydrogens (tertiary/aromatic N) is 4. The van der Waals surface area contributed by atoms with E-state index in [2.05, 4.69) is 53.7 Å². The number of nitrogens with one attached hydrogen (secondary N) is 2. The first kappa shape index (κ1) is 16.9. The lowest BCUT2D eigenvalue weighted by Crippen LogP contribution is -2.52. The average molecular weight is 369 g/mol. The summed E-state index contributed by atoms with van der Waals surface area (Å²) in [5.74, 6) is 1.99. The van der Waals surface area contributed by atoms with Crippen molar-refractivity contribution in [3.05, 3.63) is 47.6 Å². The van der Waals surface area contributed by atoms with Gasteiger partial charge in [-0.25, -0.2) is 4.98 Å². The van der Waals surface area contributed by atoms with Crippen LogP contribution in [-0.2, 0) is 6.42 Å². The smallest absolute Gasteiger partial charge is 0.193 e. The zero-order chi connectivity index (χ0) is 17.8. The Balaban J connectivity index is 1.28. The molecule has 0 amide bonds. The van der Waals surface area contributed by atoms with Crippen molar-refractivity contribution in [2.45, 2.75) is 6.42 Å². The molecule has 0 aliphatic carbocycles. The summed E-state index contributed by atoms with van der Waals surface area (Å²) in [6, 6.07) is 12.5. The number of aromatic amines is 1. The number of benzene rings is 1. The van der Waals surface area contributed by atoms with Crippen molar-refractivity contribution < 1.29 is 0 Å². The van der Waals surface area contributed by atoms with E-state index in [1.165, 1.54) is 5.00 Å². The van der Waals surface area contributed by atoms with E-state index in [0.717, 1.165) is 62.0 Å². The van der Waals surface area contributed by atoms with Crippen molar-refractivity contribution in [1.82, 2.24) is 20.2 Å². The summed E-state index contributed by atoms with van der Waals surface area (Å²) in [4.78, 5) is 17.3. The minimum absolute atomic E-state index is 0.817. The Kier molecular flexibility index (Phi) is 5.06. The molecule has 0 spiro atoms. The van der Waals surface area contributed by atoms with Gasteiger partial charge in [-0.3, -0.25) is 4.99 Å². The zero-order valence-electron chi connectivity index (χ0n) is 15.0. The molecule has 26 heavy (non-hydrogen) atoms. The number of hydrogen-bond donors (Lipinski definition) is 2. The van der Waals surface area contributed by atoms with E-state index in [1.54, 1.807) is 0 Å². The molecule has 7 heteroatoms. The third-order valence-corrected chi connectivity index (χ3v) is 5.62. The second-order valence-electron chi connectivity index (χ2n) is 6.35. The number of H-pyrrole nitrogens is 1. The second-order valence-corrected chi connectivity index (χ2v) is 7.28. The molecule has 1 aromatic carbocycles. The Morgan fingerprint density at radius 2 is 2.04 bits per heavy atom. The van der Waals surface area contributed by atoms with Crippen molar-refractivity contribution in [3.63, 3.8) is 0 Å². The fourth-order valence-electron chi connectivity index (χ4n) is 3.34. The summed E-state index contributed by atoms with van der Waals surface area (Å²) in [6.07, 6.45) is 0.850. The number of aliphatic imine (C=N–C) groups is 1. The summed E-state index contributed by atoms with van der Waals surface area (Å²) < 4.78 is 0. The molecular weight excluding hydrogens is 344 g/mol. The number of para-hydroxylation sites is 2. The highest BCUT2D eigenvalue weighted by Crippen LogP contribution is 2.22. The van der Waals surface area contributed by atoms with E-state index in [1.807, 2.05) is 36.6 Å². The van der Waals surface area contributed by atoms with Gasteiger partial charge in [-0.05, 0) is 29.6 Å². The molecule has 0 radical (unpaired) electrons. The van der Waals surface area contributed by atoms with Crippen LogP contribution in [0.4, 0.5) is 5.00 Å². The van der Waals surface area contributed by atoms with Crippen LogP contribution in [0.25, 0.3) is 11.0 Å². The van der Waals surface area contributed by atoms with Crippen LogP contribution in [0, 0.1) is 0 Å². The number of aromatic nitrogens is 2. The highest BCUT2D eigenvalue weighted by Gasteiger charge is 2.20. The van der Waals surface area contributed by atoms with Crippen LogP contribution in [-0.4, -0.2) is 60.6 Å². The molecule has 4 rings (SSSR count). The Labute approximate surface area is 157 Å². The van der Waals surface area contributed by atoms with Crippen LogP contribution in [0.2, 0.25) is 0 Å². The molecule has 3 heterocycles. The molecule has 0 bridgehead atoms. The number of thiophene rings is 1. The number of imidazole rings is 1. The van der Waals surface area contributed by atoms with Gasteiger partial charge in [0.25, 0.3) is 0 Å². The third-order valence-electron chi connectivity index (χ3n) is 4.69. The molecule has 0 atom stereocenters. The number of fused-ring (bicyclic) bond motifs is 1. The van der Waals surface area contributed by atoms with Gasteiger partial charge in [-0.2, -0.15) is 0 Å². The van der Waals surface area contributed by atoms with Gasteiger partial charge < -0.3 is 20.1 Å².